The van der Waals surface area contributed by atoms with E-state index in [9.17, 15) is 24.0 Å². The van der Waals surface area contributed by atoms with Crippen molar-refractivity contribution in [1.29, 1.82) is 5.26 Å². The summed E-state index contributed by atoms with van der Waals surface area (Å²) in [5.74, 6) is -2.19. The second-order valence-corrected chi connectivity index (χ2v) is 9.55. The second-order valence-electron chi connectivity index (χ2n) is 8.56. The molecule has 0 unspecified atom stereocenters. The van der Waals surface area contributed by atoms with Crippen molar-refractivity contribution in [3.05, 3.63) is 106 Å². The zero-order valence-corrected chi connectivity index (χ0v) is 22.4. The van der Waals surface area contributed by atoms with Gasteiger partial charge in [0, 0.05) is 17.1 Å². The maximum absolute atomic E-state index is 13.5. The lowest BCUT2D eigenvalue weighted by Gasteiger charge is -2.28. The van der Waals surface area contributed by atoms with E-state index >= 15 is 0 Å². The van der Waals surface area contributed by atoms with Gasteiger partial charge in [0.2, 0.25) is 5.91 Å². The van der Waals surface area contributed by atoms with Crippen molar-refractivity contribution in [2.24, 2.45) is 0 Å². The molecule has 204 valence electrons. The van der Waals surface area contributed by atoms with Gasteiger partial charge in [0.25, 0.3) is 5.91 Å². The number of esters is 1. The number of benzene rings is 2. The largest absolute Gasteiger partial charge is 0.468 e. The Kier molecular flexibility index (Phi) is 9.04. The highest BCUT2D eigenvalue weighted by Crippen LogP contribution is 2.41. The standard InChI is InChI=1S/C29H25FN4O5S/c1-3-38-29(37)18-6-10-21(11-7-18)34-27(36)25-17(2)32-28(22(15-31)26(25)23-5-4-14-39-23)40-16-24(35)33-20-12-8-19(30)9-13-20/h4-14,26,32H,3,16H2,1-2H3,(H,33,35)(H,34,36)/t26-/m1/s1. The third-order valence-corrected chi connectivity index (χ3v) is 6.87. The van der Waals surface area contributed by atoms with Gasteiger partial charge in [0.1, 0.15) is 11.6 Å². The molecule has 9 nitrogen and oxygen atoms in total. The lowest BCUT2D eigenvalue weighted by atomic mass is 9.85. The van der Waals surface area contributed by atoms with Crippen molar-refractivity contribution >= 4 is 40.9 Å². The van der Waals surface area contributed by atoms with E-state index in [0.717, 1.165) is 11.8 Å². The smallest absolute Gasteiger partial charge is 0.338 e. The van der Waals surface area contributed by atoms with Gasteiger partial charge in [-0.3, -0.25) is 9.59 Å². The number of nitriles is 1. The molecule has 1 aliphatic rings. The maximum atomic E-state index is 13.5. The molecule has 0 bridgehead atoms. The first kappa shape index (κ1) is 28.2. The van der Waals surface area contributed by atoms with Crippen LogP contribution < -0.4 is 16.0 Å². The molecule has 0 spiro atoms. The Bertz CT molecular complexity index is 1510. The molecule has 2 amide bonds. The number of carbonyl (C=O) groups is 3. The average molecular weight is 561 g/mol. The number of rotatable bonds is 9. The molecule has 1 aromatic heterocycles. The van der Waals surface area contributed by atoms with Crippen LogP contribution in [0.15, 0.2) is 93.2 Å². The number of carbonyl (C=O) groups excluding carboxylic acids is 3. The van der Waals surface area contributed by atoms with Gasteiger partial charge in [-0.15, -0.1) is 0 Å². The third-order valence-electron chi connectivity index (χ3n) is 5.85. The number of halogens is 1. The summed E-state index contributed by atoms with van der Waals surface area (Å²) in [6.45, 7) is 3.66. The minimum atomic E-state index is -0.831. The van der Waals surface area contributed by atoms with Gasteiger partial charge in [-0.2, -0.15) is 5.26 Å². The number of thioether (sulfide) groups is 1. The van der Waals surface area contributed by atoms with Crippen LogP contribution >= 0.6 is 11.8 Å². The van der Waals surface area contributed by atoms with Crippen LogP contribution in [-0.2, 0) is 14.3 Å². The minimum Gasteiger partial charge on any atom is -0.468 e. The van der Waals surface area contributed by atoms with Gasteiger partial charge in [0.15, 0.2) is 0 Å². The predicted molar refractivity (Wildman–Crippen MR) is 148 cm³/mol. The van der Waals surface area contributed by atoms with Gasteiger partial charge in [-0.05, 0) is 74.5 Å². The molecule has 0 saturated carbocycles. The number of nitrogens with one attached hydrogen (secondary N) is 3. The first-order valence-corrected chi connectivity index (χ1v) is 13.2. The molecule has 40 heavy (non-hydrogen) atoms. The molecule has 1 aliphatic heterocycles. The van der Waals surface area contributed by atoms with Crippen LogP contribution in [0.2, 0.25) is 0 Å². The fraction of sp³-hybridized carbons (Fsp3) is 0.172. The van der Waals surface area contributed by atoms with E-state index in [0.29, 0.717) is 33.4 Å². The van der Waals surface area contributed by atoms with E-state index in [1.54, 1.807) is 50.2 Å². The molecule has 4 rings (SSSR count). The quantitative estimate of drug-likeness (QED) is 0.300. The Morgan fingerprint density at radius 2 is 1.75 bits per heavy atom. The molecule has 2 aromatic carbocycles. The topological polar surface area (TPSA) is 133 Å². The van der Waals surface area contributed by atoms with Crippen molar-refractivity contribution in [1.82, 2.24) is 5.32 Å². The molecule has 2 heterocycles. The number of ether oxygens (including phenoxy) is 1. The Hall–Kier alpha value is -4.82. The van der Waals surface area contributed by atoms with Crippen molar-refractivity contribution in [3.63, 3.8) is 0 Å². The summed E-state index contributed by atoms with van der Waals surface area (Å²) in [5.41, 5.74) is 2.18. The summed E-state index contributed by atoms with van der Waals surface area (Å²) < 4.78 is 23.8. The van der Waals surface area contributed by atoms with Gasteiger partial charge >= 0.3 is 5.97 Å². The SMILES string of the molecule is CCOC(=O)c1ccc(NC(=O)C2=C(C)NC(SCC(=O)Nc3ccc(F)cc3)=C(C#N)[C@@H]2c2ccco2)cc1. The van der Waals surface area contributed by atoms with Crippen molar-refractivity contribution in [2.45, 2.75) is 19.8 Å². The Balaban J connectivity index is 1.54. The molecule has 3 aromatic rings. The number of hydrogen-bond donors (Lipinski definition) is 3. The first-order valence-electron chi connectivity index (χ1n) is 12.2. The van der Waals surface area contributed by atoms with E-state index in [2.05, 4.69) is 22.0 Å². The van der Waals surface area contributed by atoms with Crippen molar-refractivity contribution in [2.75, 3.05) is 23.0 Å². The lowest BCUT2D eigenvalue weighted by Crippen LogP contribution is -2.31. The Morgan fingerprint density at radius 3 is 2.38 bits per heavy atom. The van der Waals surface area contributed by atoms with Crippen molar-refractivity contribution < 1.29 is 27.9 Å². The molecule has 11 heteroatoms. The summed E-state index contributed by atoms with van der Waals surface area (Å²) in [4.78, 5) is 37.9. The van der Waals surface area contributed by atoms with Gasteiger partial charge in [-0.1, -0.05) is 11.8 Å². The predicted octanol–water partition coefficient (Wildman–Crippen LogP) is 5.30. The van der Waals surface area contributed by atoms with Crippen molar-refractivity contribution in [3.8, 4) is 6.07 Å². The van der Waals surface area contributed by atoms with Crippen LogP contribution in [0.1, 0.15) is 35.9 Å². The number of furan rings is 1. The van der Waals surface area contributed by atoms with E-state index in [1.165, 1.54) is 30.5 Å². The molecular formula is C29H25FN4O5S. The van der Waals surface area contributed by atoms with Crippen LogP contribution in [-0.4, -0.2) is 30.1 Å². The fourth-order valence-electron chi connectivity index (χ4n) is 4.04. The van der Waals surface area contributed by atoms with Crippen LogP contribution in [0.5, 0.6) is 0 Å². The molecule has 0 aliphatic carbocycles. The molecule has 1 atom stereocenters. The average Bonchev–Trinajstić information content (AvgIpc) is 3.48. The van der Waals surface area contributed by atoms with Crippen LogP contribution in [0.25, 0.3) is 0 Å². The Labute approximate surface area is 234 Å². The zero-order valence-electron chi connectivity index (χ0n) is 21.6. The highest BCUT2D eigenvalue weighted by molar-refractivity contribution is 8.03. The highest BCUT2D eigenvalue weighted by atomic mass is 32.2. The van der Waals surface area contributed by atoms with E-state index in [-0.39, 0.29) is 29.4 Å². The lowest BCUT2D eigenvalue weighted by molar-refractivity contribution is -0.114. The third kappa shape index (κ3) is 6.59. The number of hydrogen-bond acceptors (Lipinski definition) is 8. The number of allylic oxidation sites excluding steroid dienone is 2. The van der Waals surface area contributed by atoms with Crippen LogP contribution in [0, 0.1) is 17.1 Å². The van der Waals surface area contributed by atoms with Crippen LogP contribution in [0.3, 0.4) is 0 Å². The molecule has 0 radical (unpaired) electrons. The normalized spacial score (nSPS) is 14.7. The molecular weight excluding hydrogens is 535 g/mol. The second kappa shape index (κ2) is 12.8. The first-order chi connectivity index (χ1) is 19.3. The fourth-order valence-corrected chi connectivity index (χ4v) is 4.93. The molecule has 3 N–H and O–H groups in total. The summed E-state index contributed by atoms with van der Waals surface area (Å²) in [6, 6.07) is 17.1. The monoisotopic (exact) mass is 560 g/mol. The molecule has 0 saturated heterocycles. The van der Waals surface area contributed by atoms with Crippen LogP contribution in [0.4, 0.5) is 15.8 Å². The minimum absolute atomic E-state index is 0.0443. The molecule has 0 fully saturated rings. The zero-order chi connectivity index (χ0) is 28.6. The van der Waals surface area contributed by atoms with Gasteiger partial charge in [-0.25, -0.2) is 9.18 Å². The highest BCUT2D eigenvalue weighted by Gasteiger charge is 2.36. The number of anilines is 2. The number of dihydropyridines is 1. The summed E-state index contributed by atoms with van der Waals surface area (Å²) in [5, 5.41) is 19.1. The summed E-state index contributed by atoms with van der Waals surface area (Å²) in [7, 11) is 0. The van der Waals surface area contributed by atoms with Gasteiger partial charge < -0.3 is 25.1 Å². The van der Waals surface area contributed by atoms with E-state index in [4.69, 9.17) is 9.15 Å². The Morgan fingerprint density at radius 1 is 1.07 bits per heavy atom. The van der Waals surface area contributed by atoms with E-state index < -0.39 is 23.6 Å². The summed E-state index contributed by atoms with van der Waals surface area (Å²) in [6.07, 6.45) is 1.45. The number of amides is 2. The van der Waals surface area contributed by atoms with E-state index in [1.807, 2.05) is 0 Å². The number of nitrogens with zero attached hydrogens (tertiary/aromatic N) is 1. The van der Waals surface area contributed by atoms with Gasteiger partial charge in [0.05, 0.1) is 52.3 Å². The maximum Gasteiger partial charge on any atom is 0.338 e. The summed E-state index contributed by atoms with van der Waals surface area (Å²) >= 11 is 1.10.